The summed E-state index contributed by atoms with van der Waals surface area (Å²) < 4.78 is 12.5. The zero-order chi connectivity index (χ0) is 21.3. The highest BCUT2D eigenvalue weighted by atomic mass is 35.5. The first-order chi connectivity index (χ1) is 14.4. The van der Waals surface area contributed by atoms with Crippen LogP contribution in [0.1, 0.15) is 41.3 Å². The maximum Gasteiger partial charge on any atom is 0.255 e. The summed E-state index contributed by atoms with van der Waals surface area (Å²) in [6, 6.07) is 8.11. The molecule has 0 bridgehead atoms. The molecule has 0 unspecified atom stereocenters. The molecule has 4 rings (SSSR count). The van der Waals surface area contributed by atoms with E-state index in [1.165, 1.54) is 10.4 Å². The number of fused-ring (bicyclic) bond motifs is 2. The molecule has 1 amide bonds. The quantitative estimate of drug-likeness (QED) is 0.705. The SMILES string of the molecule is C[C@H]1C[C@@]2(CCN1Cc1cccc(OCC(N)=O)c1)OCCc1c2sc(Cl)c1CO. The number of rotatable bonds is 6. The molecule has 2 aliphatic heterocycles. The Morgan fingerprint density at radius 2 is 2.33 bits per heavy atom. The van der Waals surface area contributed by atoms with E-state index >= 15 is 0 Å². The number of carbonyl (C=O) groups is 1. The topological polar surface area (TPSA) is 85.0 Å². The average molecular weight is 451 g/mol. The molecule has 162 valence electrons. The summed E-state index contributed by atoms with van der Waals surface area (Å²) >= 11 is 7.99. The molecule has 3 heterocycles. The smallest absolute Gasteiger partial charge is 0.255 e. The van der Waals surface area contributed by atoms with Crippen molar-refractivity contribution in [1.29, 1.82) is 0 Å². The van der Waals surface area contributed by atoms with E-state index in [9.17, 15) is 9.90 Å². The number of nitrogens with zero attached hydrogens (tertiary/aromatic N) is 1. The van der Waals surface area contributed by atoms with Crippen LogP contribution in [-0.2, 0) is 34.7 Å². The van der Waals surface area contributed by atoms with Crippen molar-refractivity contribution in [1.82, 2.24) is 4.90 Å². The molecular weight excluding hydrogens is 424 g/mol. The third kappa shape index (κ3) is 4.22. The number of likely N-dealkylation sites (tertiary alicyclic amines) is 1. The van der Waals surface area contributed by atoms with Crippen LogP contribution in [0.25, 0.3) is 0 Å². The lowest BCUT2D eigenvalue weighted by atomic mass is 9.81. The van der Waals surface area contributed by atoms with Crippen LogP contribution in [0.15, 0.2) is 24.3 Å². The molecular formula is C22H27ClN2O4S. The number of ether oxygens (including phenoxy) is 2. The molecule has 1 aromatic heterocycles. The fourth-order valence-corrected chi connectivity index (χ4v) is 6.29. The van der Waals surface area contributed by atoms with E-state index in [0.717, 1.165) is 43.5 Å². The number of piperidine rings is 1. The van der Waals surface area contributed by atoms with Crippen LogP contribution < -0.4 is 10.5 Å². The Balaban J connectivity index is 1.47. The highest BCUT2D eigenvalue weighted by Gasteiger charge is 2.45. The average Bonchev–Trinajstić information content (AvgIpc) is 3.06. The van der Waals surface area contributed by atoms with Crippen LogP contribution in [0.5, 0.6) is 5.75 Å². The first-order valence-corrected chi connectivity index (χ1v) is 11.4. The van der Waals surface area contributed by atoms with Crippen molar-refractivity contribution in [3.63, 3.8) is 0 Å². The number of halogens is 1. The summed E-state index contributed by atoms with van der Waals surface area (Å²) in [6.07, 6.45) is 2.59. The van der Waals surface area contributed by atoms with Crippen LogP contribution in [0.2, 0.25) is 4.34 Å². The van der Waals surface area contributed by atoms with Crippen molar-refractivity contribution in [3.05, 3.63) is 50.2 Å². The van der Waals surface area contributed by atoms with E-state index in [1.54, 1.807) is 11.3 Å². The lowest BCUT2D eigenvalue weighted by molar-refractivity contribution is -0.119. The van der Waals surface area contributed by atoms with Gasteiger partial charge in [-0.05, 0) is 49.4 Å². The Hall–Kier alpha value is -1.64. The predicted molar refractivity (Wildman–Crippen MR) is 117 cm³/mol. The van der Waals surface area contributed by atoms with E-state index in [4.69, 9.17) is 26.8 Å². The number of amides is 1. The summed E-state index contributed by atoms with van der Waals surface area (Å²) in [5, 5.41) is 9.74. The molecule has 2 aliphatic rings. The minimum Gasteiger partial charge on any atom is -0.484 e. The minimum atomic E-state index is -0.486. The first-order valence-electron chi connectivity index (χ1n) is 10.2. The summed E-state index contributed by atoms with van der Waals surface area (Å²) in [5.74, 6) is 0.165. The third-order valence-corrected chi connectivity index (χ3v) is 7.79. The Bertz CT molecular complexity index is 934. The highest BCUT2D eigenvalue weighted by molar-refractivity contribution is 7.16. The lowest BCUT2D eigenvalue weighted by Crippen LogP contribution is -2.50. The predicted octanol–water partition coefficient (Wildman–Crippen LogP) is 3.21. The number of thiophene rings is 1. The zero-order valence-electron chi connectivity index (χ0n) is 17.0. The van der Waals surface area contributed by atoms with Gasteiger partial charge in [0.1, 0.15) is 11.4 Å². The van der Waals surface area contributed by atoms with Gasteiger partial charge >= 0.3 is 0 Å². The Morgan fingerprint density at radius 3 is 3.07 bits per heavy atom. The normalized spacial score (nSPS) is 24.0. The van der Waals surface area contributed by atoms with Gasteiger partial charge < -0.3 is 20.3 Å². The number of nitrogens with two attached hydrogens (primary N) is 1. The molecule has 0 radical (unpaired) electrons. The summed E-state index contributed by atoms with van der Waals surface area (Å²) in [6.45, 7) is 4.46. The number of aliphatic hydroxyl groups excluding tert-OH is 1. The van der Waals surface area contributed by atoms with Crippen molar-refractivity contribution < 1.29 is 19.4 Å². The van der Waals surface area contributed by atoms with Gasteiger partial charge in [0, 0.05) is 29.6 Å². The second-order valence-corrected chi connectivity index (χ2v) is 9.71. The van der Waals surface area contributed by atoms with Gasteiger partial charge in [0.2, 0.25) is 0 Å². The van der Waals surface area contributed by atoms with Gasteiger partial charge in [0.05, 0.1) is 17.6 Å². The van der Waals surface area contributed by atoms with E-state index in [-0.39, 0.29) is 18.8 Å². The van der Waals surface area contributed by atoms with Crippen LogP contribution in [0.3, 0.4) is 0 Å². The molecule has 0 saturated carbocycles. The van der Waals surface area contributed by atoms with Gasteiger partial charge in [0.15, 0.2) is 6.61 Å². The van der Waals surface area contributed by atoms with Crippen molar-refractivity contribution in [3.8, 4) is 5.75 Å². The maximum absolute atomic E-state index is 11.0. The van der Waals surface area contributed by atoms with E-state index in [1.807, 2.05) is 18.2 Å². The fraction of sp³-hybridized carbons (Fsp3) is 0.500. The van der Waals surface area contributed by atoms with Crippen molar-refractivity contribution in [2.45, 2.75) is 51.0 Å². The van der Waals surface area contributed by atoms with Crippen LogP contribution in [0.4, 0.5) is 0 Å². The molecule has 30 heavy (non-hydrogen) atoms. The van der Waals surface area contributed by atoms with Gasteiger partial charge in [-0.15, -0.1) is 11.3 Å². The van der Waals surface area contributed by atoms with Crippen molar-refractivity contribution >= 4 is 28.8 Å². The minimum absolute atomic E-state index is 0.0173. The van der Waals surface area contributed by atoms with Gasteiger partial charge in [-0.3, -0.25) is 9.69 Å². The number of primary amides is 1. The Morgan fingerprint density at radius 1 is 1.50 bits per heavy atom. The van der Waals surface area contributed by atoms with Gasteiger partial charge in [-0.1, -0.05) is 23.7 Å². The molecule has 2 atom stereocenters. The fourth-order valence-electron chi connectivity index (χ4n) is 4.62. The number of benzene rings is 1. The molecule has 6 nitrogen and oxygen atoms in total. The molecule has 8 heteroatoms. The van der Waals surface area contributed by atoms with Gasteiger partial charge in [-0.25, -0.2) is 0 Å². The monoisotopic (exact) mass is 450 g/mol. The second-order valence-electron chi connectivity index (χ2n) is 8.09. The van der Waals surface area contributed by atoms with Crippen LogP contribution in [0, 0.1) is 0 Å². The molecule has 1 aromatic carbocycles. The summed E-state index contributed by atoms with van der Waals surface area (Å²) in [4.78, 5) is 14.6. The standard InChI is InChI=1S/C22H27ClN2O4S/c1-14-10-22(20-17(5-8-29-22)18(12-26)21(23)30-20)6-7-25(14)11-15-3-2-4-16(9-15)28-13-19(24)27/h2-4,9,14,26H,5-8,10-13H2,1H3,(H2,24,27)/t14-,22+/m0/s1. The van der Waals surface area contributed by atoms with Gasteiger partial charge in [0.25, 0.3) is 5.91 Å². The summed E-state index contributed by atoms with van der Waals surface area (Å²) in [7, 11) is 0. The van der Waals surface area contributed by atoms with Crippen molar-refractivity contribution in [2.24, 2.45) is 5.73 Å². The van der Waals surface area contributed by atoms with Crippen LogP contribution in [-0.4, -0.2) is 41.7 Å². The number of carbonyl (C=O) groups excluding carboxylic acids is 1. The summed E-state index contributed by atoms with van der Waals surface area (Å²) in [5.41, 5.74) is 8.06. The number of hydrogen-bond donors (Lipinski definition) is 2. The molecule has 2 aromatic rings. The maximum atomic E-state index is 11.0. The Labute approximate surface area is 185 Å². The van der Waals surface area contributed by atoms with Gasteiger partial charge in [-0.2, -0.15) is 0 Å². The van der Waals surface area contributed by atoms with E-state index in [2.05, 4.69) is 17.9 Å². The van der Waals surface area contributed by atoms with Crippen molar-refractivity contribution in [2.75, 3.05) is 19.8 Å². The molecule has 1 saturated heterocycles. The highest BCUT2D eigenvalue weighted by Crippen LogP contribution is 2.49. The molecule has 3 N–H and O–H groups in total. The third-order valence-electron chi connectivity index (χ3n) is 6.09. The molecule has 0 aliphatic carbocycles. The van der Waals surface area contributed by atoms with E-state index in [0.29, 0.717) is 22.7 Å². The van der Waals surface area contributed by atoms with Crippen LogP contribution >= 0.6 is 22.9 Å². The first kappa shape index (κ1) is 21.6. The van der Waals surface area contributed by atoms with E-state index < -0.39 is 5.91 Å². The Kier molecular flexibility index (Phi) is 6.36. The number of hydrogen-bond acceptors (Lipinski definition) is 6. The molecule has 1 spiro atoms. The zero-order valence-corrected chi connectivity index (χ0v) is 18.6. The molecule has 1 fully saturated rings. The largest absolute Gasteiger partial charge is 0.484 e. The lowest BCUT2D eigenvalue weighted by Gasteiger charge is -2.47. The number of aliphatic hydroxyl groups is 1. The second kappa shape index (κ2) is 8.85.